The molecule has 0 spiro atoms. The van der Waals surface area contributed by atoms with Crippen molar-refractivity contribution in [1.82, 2.24) is 4.98 Å². The van der Waals surface area contributed by atoms with E-state index in [1.807, 2.05) is 29.1 Å². The molecule has 4 nitrogen and oxygen atoms in total. The predicted octanol–water partition coefficient (Wildman–Crippen LogP) is 9.54. The molecule has 43 heavy (non-hydrogen) atoms. The molecule has 0 saturated carbocycles. The van der Waals surface area contributed by atoms with Gasteiger partial charge in [0.25, 0.3) is 0 Å². The second-order valence-corrected chi connectivity index (χ2v) is 11.2. The number of hydrogen-bond acceptors (Lipinski definition) is 3. The fourth-order valence-electron chi connectivity index (χ4n) is 6.10. The zero-order valence-electron chi connectivity index (χ0n) is 23.6. The van der Waals surface area contributed by atoms with Crippen molar-refractivity contribution in [2.24, 2.45) is 16.2 Å². The monoisotopic (exact) mass is 553 g/mol. The largest absolute Gasteiger partial charge is 0.256 e. The van der Waals surface area contributed by atoms with E-state index in [0.29, 0.717) is 12.5 Å². The van der Waals surface area contributed by atoms with Gasteiger partial charge in [0.05, 0.1) is 10.8 Å². The van der Waals surface area contributed by atoms with Gasteiger partial charge in [0, 0.05) is 23.2 Å². The van der Waals surface area contributed by atoms with Crippen LogP contribution in [-0.2, 0) is 0 Å². The molecule has 5 aromatic rings. The molecule has 2 aliphatic carbocycles. The normalized spacial score (nSPS) is 17.3. The van der Waals surface area contributed by atoms with Crippen LogP contribution in [0.1, 0.15) is 17.5 Å². The van der Waals surface area contributed by atoms with Gasteiger partial charge in [0.15, 0.2) is 12.2 Å². The lowest BCUT2D eigenvalue weighted by atomic mass is 9.83. The molecule has 8 rings (SSSR count). The van der Waals surface area contributed by atoms with Crippen LogP contribution in [0.25, 0.3) is 38.7 Å². The summed E-state index contributed by atoms with van der Waals surface area (Å²) in [4.78, 5) is 4.52. The van der Waals surface area contributed by atoms with Gasteiger partial charge >= 0.3 is 0 Å². The van der Waals surface area contributed by atoms with Crippen LogP contribution in [0.2, 0.25) is 0 Å². The Bertz CT molecular complexity index is 2080. The summed E-state index contributed by atoms with van der Waals surface area (Å²) in [6, 6.07) is 36.4. The van der Waals surface area contributed by atoms with E-state index in [1.165, 1.54) is 38.6 Å². The topological polar surface area (TPSA) is 40.6 Å². The van der Waals surface area contributed by atoms with Crippen LogP contribution in [0.15, 0.2) is 162 Å². The molecule has 1 aromatic heterocycles. The van der Waals surface area contributed by atoms with Crippen LogP contribution in [0.3, 0.4) is 0 Å². The van der Waals surface area contributed by atoms with Gasteiger partial charge in [-0.2, -0.15) is 0 Å². The van der Waals surface area contributed by atoms with Crippen molar-refractivity contribution >= 4 is 27.7 Å². The van der Waals surface area contributed by atoms with Crippen molar-refractivity contribution in [3.8, 4) is 22.4 Å². The minimum atomic E-state index is 0.463. The van der Waals surface area contributed by atoms with Crippen molar-refractivity contribution in [3.63, 3.8) is 0 Å². The molecule has 0 radical (unpaired) electrons. The van der Waals surface area contributed by atoms with E-state index in [1.54, 1.807) is 0 Å². The van der Waals surface area contributed by atoms with E-state index in [2.05, 4.69) is 132 Å². The lowest BCUT2D eigenvalue weighted by Gasteiger charge is -2.21. The SMILES string of the molecule is C1=CCC2C=CC(c3cc(C4=NN=[N+](c5cccc(-c6ccccn6)c5)C4)cc(-c4ccc5ccccc5c4)c3)=CC2=C1. The summed E-state index contributed by atoms with van der Waals surface area (Å²) in [5.74, 6) is 0.463. The van der Waals surface area contributed by atoms with Gasteiger partial charge in [-0.05, 0) is 93.6 Å². The number of hydrogen-bond donors (Lipinski definition) is 0. The summed E-state index contributed by atoms with van der Waals surface area (Å²) < 4.78 is 1.97. The van der Waals surface area contributed by atoms with Crippen LogP contribution >= 0.6 is 0 Å². The lowest BCUT2D eigenvalue weighted by Crippen LogP contribution is -2.12. The number of rotatable bonds is 5. The summed E-state index contributed by atoms with van der Waals surface area (Å²) in [5, 5.41) is 11.8. The zero-order valence-corrected chi connectivity index (χ0v) is 23.6. The lowest BCUT2D eigenvalue weighted by molar-refractivity contribution is -0.492. The quantitative estimate of drug-likeness (QED) is 0.200. The summed E-state index contributed by atoms with van der Waals surface area (Å²) in [7, 11) is 0. The van der Waals surface area contributed by atoms with Gasteiger partial charge in [0.1, 0.15) is 5.22 Å². The molecule has 1 atom stereocenters. The molecule has 1 aliphatic heterocycles. The average molecular weight is 554 g/mol. The number of benzene rings is 4. The van der Waals surface area contributed by atoms with Crippen molar-refractivity contribution in [1.29, 1.82) is 0 Å². The molecule has 0 saturated heterocycles. The molecule has 204 valence electrons. The van der Waals surface area contributed by atoms with Crippen molar-refractivity contribution in [2.75, 3.05) is 6.54 Å². The van der Waals surface area contributed by atoms with Crippen LogP contribution in [0.5, 0.6) is 0 Å². The van der Waals surface area contributed by atoms with Gasteiger partial charge in [0.2, 0.25) is 5.71 Å². The second-order valence-electron chi connectivity index (χ2n) is 11.2. The highest BCUT2D eigenvalue weighted by Gasteiger charge is 2.26. The molecule has 4 aromatic carbocycles. The molecule has 4 heteroatoms. The van der Waals surface area contributed by atoms with Gasteiger partial charge in [-0.15, -0.1) is 4.70 Å². The first-order valence-electron chi connectivity index (χ1n) is 14.7. The molecule has 0 bridgehead atoms. The molecule has 0 fully saturated rings. The maximum atomic E-state index is 4.70. The van der Waals surface area contributed by atoms with Crippen LogP contribution < -0.4 is 0 Å². The first kappa shape index (κ1) is 25.2. The zero-order chi connectivity index (χ0) is 28.6. The molecule has 0 N–H and O–H groups in total. The fourth-order valence-corrected chi connectivity index (χ4v) is 6.10. The van der Waals surface area contributed by atoms with Crippen LogP contribution in [0.4, 0.5) is 5.69 Å². The molecule has 0 amide bonds. The van der Waals surface area contributed by atoms with Crippen LogP contribution in [-0.4, -0.2) is 21.9 Å². The number of aromatic nitrogens is 1. The Morgan fingerprint density at radius 1 is 0.698 bits per heavy atom. The Balaban J connectivity index is 1.17. The Morgan fingerprint density at radius 3 is 2.51 bits per heavy atom. The van der Waals surface area contributed by atoms with Gasteiger partial charge in [-0.1, -0.05) is 91.1 Å². The second kappa shape index (κ2) is 10.7. The summed E-state index contributed by atoms with van der Waals surface area (Å²) in [6.45, 7) is 0.596. The third-order valence-corrected chi connectivity index (χ3v) is 8.43. The smallest absolute Gasteiger partial charge is 0.231 e. The van der Waals surface area contributed by atoms with E-state index < -0.39 is 0 Å². The van der Waals surface area contributed by atoms with E-state index in [9.17, 15) is 0 Å². The highest BCUT2D eigenvalue weighted by molar-refractivity contribution is 6.04. The summed E-state index contributed by atoms with van der Waals surface area (Å²) >= 11 is 0. The number of pyridine rings is 1. The summed E-state index contributed by atoms with van der Waals surface area (Å²) in [5.41, 5.74) is 11.2. The number of nitrogens with zero attached hydrogens (tertiary/aromatic N) is 4. The molecule has 1 unspecified atom stereocenters. The van der Waals surface area contributed by atoms with Crippen LogP contribution in [0, 0.1) is 5.92 Å². The van der Waals surface area contributed by atoms with E-state index in [0.717, 1.165) is 34.6 Å². The Kier molecular flexibility index (Phi) is 6.30. The van der Waals surface area contributed by atoms with E-state index in [4.69, 9.17) is 5.10 Å². The van der Waals surface area contributed by atoms with E-state index in [-0.39, 0.29) is 0 Å². The Morgan fingerprint density at radius 2 is 1.58 bits per heavy atom. The Labute approximate surface area is 251 Å². The predicted molar refractivity (Wildman–Crippen MR) is 175 cm³/mol. The average Bonchev–Trinajstić information content (AvgIpc) is 3.59. The van der Waals surface area contributed by atoms with Crippen molar-refractivity contribution < 1.29 is 4.70 Å². The minimum absolute atomic E-state index is 0.463. The summed E-state index contributed by atoms with van der Waals surface area (Å²) in [6.07, 6.45) is 16.5. The first-order valence-corrected chi connectivity index (χ1v) is 14.7. The van der Waals surface area contributed by atoms with Gasteiger partial charge in [-0.3, -0.25) is 4.98 Å². The van der Waals surface area contributed by atoms with Crippen molar-refractivity contribution in [3.05, 3.63) is 162 Å². The first-order chi connectivity index (χ1) is 21.3. The van der Waals surface area contributed by atoms with E-state index >= 15 is 0 Å². The van der Waals surface area contributed by atoms with Gasteiger partial charge < -0.3 is 0 Å². The number of allylic oxidation sites excluding steroid dienone is 8. The standard InChI is InChI=1S/C39H29N4/c1-3-10-29-20-31(17-15-27(29)8-1)34-22-35(32-18-16-28-9-2-4-11-30(28)21-32)24-36(23-34)39-26-43(42-41-39)37-13-7-12-33(25-37)38-14-5-6-19-40-38/h1-8,10-25,28H,9,26H2/q+1. The fraction of sp³-hybridized carbons (Fsp3) is 0.0769. The molecule has 2 heterocycles. The highest BCUT2D eigenvalue weighted by atomic mass is 15.5. The third-order valence-electron chi connectivity index (χ3n) is 8.43. The van der Waals surface area contributed by atoms with Gasteiger partial charge in [-0.25, -0.2) is 0 Å². The maximum absolute atomic E-state index is 4.70. The van der Waals surface area contributed by atoms with Crippen molar-refractivity contribution in [2.45, 2.75) is 6.42 Å². The Hall–Kier alpha value is -5.48. The minimum Gasteiger partial charge on any atom is -0.256 e. The molecular formula is C39H29N4+. The maximum Gasteiger partial charge on any atom is 0.231 e. The molecular weight excluding hydrogens is 524 g/mol. The highest BCUT2D eigenvalue weighted by Crippen LogP contribution is 2.35. The molecule has 3 aliphatic rings. The number of fused-ring (bicyclic) bond motifs is 2. The third kappa shape index (κ3) is 4.98.